The molecule has 1 aromatic heterocycles. The van der Waals surface area contributed by atoms with E-state index in [0.717, 1.165) is 0 Å². The van der Waals surface area contributed by atoms with Gasteiger partial charge in [-0.2, -0.15) is 5.10 Å². The summed E-state index contributed by atoms with van der Waals surface area (Å²) in [6.07, 6.45) is 0.702. The molecule has 1 aliphatic heterocycles. The Morgan fingerprint density at radius 1 is 1.35 bits per heavy atom. The van der Waals surface area contributed by atoms with Crippen molar-refractivity contribution >= 4 is 27.5 Å². The van der Waals surface area contributed by atoms with Gasteiger partial charge in [-0.05, 0) is 32.4 Å². The molecule has 2 N–H and O–H groups in total. The van der Waals surface area contributed by atoms with Crippen molar-refractivity contribution < 1.29 is 22.7 Å². The molecule has 9 nitrogen and oxygen atoms in total. The van der Waals surface area contributed by atoms with Crippen molar-refractivity contribution in [3.05, 3.63) is 35.2 Å². The van der Waals surface area contributed by atoms with Gasteiger partial charge in [0, 0.05) is 19.3 Å². The summed E-state index contributed by atoms with van der Waals surface area (Å²) < 4.78 is 34.3. The normalized spacial score (nSPS) is 16.5. The van der Waals surface area contributed by atoms with Crippen LogP contribution in [0.25, 0.3) is 0 Å². The molecule has 0 unspecified atom stereocenters. The summed E-state index contributed by atoms with van der Waals surface area (Å²) in [5.74, 6) is -0.851. The number of sulfonamides is 1. The standard InChI is InChI=1S/C16H18N4O5S/c1-8-5-12-13(25-10(3)15(21)17-12)6-14(8)26(23,24)19-16(22)11-7-20(4)18-9(11)2/h5-7,10H,1-4H3,(H,17,21)(H,19,22)/t10-/m1/s1. The first-order valence-corrected chi connectivity index (χ1v) is 9.26. The number of aromatic nitrogens is 2. The third kappa shape index (κ3) is 3.15. The van der Waals surface area contributed by atoms with E-state index >= 15 is 0 Å². The van der Waals surface area contributed by atoms with E-state index in [1.54, 1.807) is 27.8 Å². The number of nitrogens with one attached hydrogen (secondary N) is 2. The quantitative estimate of drug-likeness (QED) is 0.818. The van der Waals surface area contributed by atoms with Gasteiger partial charge in [-0.1, -0.05) is 0 Å². The predicted octanol–water partition coefficient (Wildman–Crippen LogP) is 0.875. The summed E-state index contributed by atoms with van der Waals surface area (Å²) >= 11 is 0. The fourth-order valence-corrected chi connectivity index (χ4v) is 3.90. The lowest BCUT2D eigenvalue weighted by Crippen LogP contribution is -2.35. The highest BCUT2D eigenvalue weighted by molar-refractivity contribution is 7.90. The van der Waals surface area contributed by atoms with E-state index in [9.17, 15) is 18.0 Å². The number of anilines is 1. The Morgan fingerprint density at radius 2 is 2.04 bits per heavy atom. The highest BCUT2D eigenvalue weighted by atomic mass is 32.2. The Morgan fingerprint density at radius 3 is 2.65 bits per heavy atom. The Labute approximate surface area is 150 Å². The first-order chi connectivity index (χ1) is 12.1. The number of nitrogens with zero attached hydrogens (tertiary/aromatic N) is 2. The van der Waals surface area contributed by atoms with E-state index in [0.29, 0.717) is 16.9 Å². The molecule has 138 valence electrons. The van der Waals surface area contributed by atoms with Crippen molar-refractivity contribution in [2.45, 2.75) is 31.8 Å². The molecule has 0 fully saturated rings. The summed E-state index contributed by atoms with van der Waals surface area (Å²) in [6.45, 7) is 4.74. The number of hydrogen-bond donors (Lipinski definition) is 2. The van der Waals surface area contributed by atoms with Gasteiger partial charge < -0.3 is 10.1 Å². The first-order valence-electron chi connectivity index (χ1n) is 7.78. The fourth-order valence-electron chi connectivity index (χ4n) is 2.69. The van der Waals surface area contributed by atoms with E-state index in [2.05, 4.69) is 10.4 Å². The Hall–Kier alpha value is -2.88. The molecule has 3 rings (SSSR count). The van der Waals surface area contributed by atoms with Crippen LogP contribution in [0.15, 0.2) is 23.2 Å². The molecule has 0 radical (unpaired) electrons. The molecule has 2 heterocycles. The molecule has 2 aromatic rings. The molecule has 1 atom stereocenters. The SMILES string of the molecule is Cc1cc2c(cc1S(=O)(=O)NC(=O)c1cn(C)nc1C)O[C@H](C)C(=O)N2. The van der Waals surface area contributed by atoms with Gasteiger partial charge in [-0.3, -0.25) is 14.3 Å². The number of carbonyl (C=O) groups is 2. The number of fused-ring (bicyclic) bond motifs is 1. The van der Waals surface area contributed by atoms with Crippen molar-refractivity contribution in [1.82, 2.24) is 14.5 Å². The molecular weight excluding hydrogens is 360 g/mol. The Balaban J connectivity index is 1.95. The number of carbonyl (C=O) groups excluding carboxylic acids is 2. The van der Waals surface area contributed by atoms with Gasteiger partial charge in [0.05, 0.1) is 21.8 Å². The molecule has 0 spiro atoms. The number of ether oxygens (including phenoxy) is 1. The lowest BCUT2D eigenvalue weighted by atomic mass is 10.1. The van der Waals surface area contributed by atoms with Crippen molar-refractivity contribution in [3.63, 3.8) is 0 Å². The van der Waals surface area contributed by atoms with Crippen LogP contribution < -0.4 is 14.8 Å². The van der Waals surface area contributed by atoms with Crippen molar-refractivity contribution in [3.8, 4) is 5.75 Å². The zero-order valence-electron chi connectivity index (χ0n) is 14.7. The van der Waals surface area contributed by atoms with Gasteiger partial charge in [0.1, 0.15) is 5.75 Å². The largest absolute Gasteiger partial charge is 0.479 e. The lowest BCUT2D eigenvalue weighted by molar-refractivity contribution is -0.122. The van der Waals surface area contributed by atoms with Crippen LogP contribution in [0.2, 0.25) is 0 Å². The molecular formula is C16H18N4O5S. The first kappa shape index (κ1) is 17.9. The molecule has 2 amide bonds. The molecule has 0 saturated heterocycles. The van der Waals surface area contributed by atoms with Gasteiger partial charge in [0.2, 0.25) is 0 Å². The average Bonchev–Trinajstić information content (AvgIpc) is 2.86. The van der Waals surface area contributed by atoms with Crippen LogP contribution in [0, 0.1) is 13.8 Å². The van der Waals surface area contributed by atoms with Crippen molar-refractivity contribution in [2.75, 3.05) is 5.32 Å². The second-order valence-corrected chi connectivity index (χ2v) is 7.75. The number of amides is 2. The number of hydrogen-bond acceptors (Lipinski definition) is 6. The monoisotopic (exact) mass is 378 g/mol. The third-order valence-electron chi connectivity index (χ3n) is 3.98. The molecule has 1 aromatic carbocycles. The number of aryl methyl sites for hydroxylation is 3. The zero-order valence-corrected chi connectivity index (χ0v) is 15.5. The Kier molecular flexibility index (Phi) is 4.23. The van der Waals surface area contributed by atoms with E-state index in [1.807, 2.05) is 4.72 Å². The number of rotatable bonds is 3. The van der Waals surface area contributed by atoms with Crippen LogP contribution in [-0.2, 0) is 21.9 Å². The molecule has 0 aliphatic carbocycles. The summed E-state index contributed by atoms with van der Waals surface area (Å²) in [7, 11) is -2.50. The Bertz CT molecular complexity index is 1030. The minimum absolute atomic E-state index is 0.102. The topological polar surface area (TPSA) is 119 Å². The van der Waals surface area contributed by atoms with Crippen LogP contribution in [0.3, 0.4) is 0 Å². The summed E-state index contributed by atoms with van der Waals surface area (Å²) in [5.41, 5.74) is 1.34. The van der Waals surface area contributed by atoms with Crippen molar-refractivity contribution in [1.29, 1.82) is 0 Å². The maximum Gasteiger partial charge on any atom is 0.268 e. The van der Waals surface area contributed by atoms with Gasteiger partial charge in [-0.15, -0.1) is 0 Å². The van der Waals surface area contributed by atoms with Gasteiger partial charge in [0.15, 0.2) is 6.10 Å². The van der Waals surface area contributed by atoms with Crippen molar-refractivity contribution in [2.24, 2.45) is 7.05 Å². The third-order valence-corrected chi connectivity index (χ3v) is 5.46. The minimum atomic E-state index is -4.14. The second kappa shape index (κ2) is 6.13. The van der Waals surface area contributed by atoms with Crippen LogP contribution in [0.4, 0.5) is 5.69 Å². The highest BCUT2D eigenvalue weighted by Gasteiger charge is 2.28. The second-order valence-electron chi connectivity index (χ2n) is 6.10. The summed E-state index contributed by atoms with van der Waals surface area (Å²) in [5, 5.41) is 6.68. The van der Waals surface area contributed by atoms with Gasteiger partial charge >= 0.3 is 0 Å². The minimum Gasteiger partial charge on any atom is -0.479 e. The molecule has 0 saturated carbocycles. The number of benzene rings is 1. The summed E-state index contributed by atoms with van der Waals surface area (Å²) in [4.78, 5) is 23.9. The molecule has 10 heteroatoms. The van der Waals surface area contributed by atoms with E-state index in [4.69, 9.17) is 4.74 Å². The van der Waals surface area contributed by atoms with Crippen LogP contribution in [0.1, 0.15) is 28.5 Å². The van der Waals surface area contributed by atoms with Gasteiger partial charge in [-0.25, -0.2) is 13.1 Å². The molecule has 26 heavy (non-hydrogen) atoms. The van der Waals surface area contributed by atoms with E-state index in [1.165, 1.54) is 23.0 Å². The maximum atomic E-state index is 12.7. The zero-order chi connectivity index (χ0) is 19.2. The fraction of sp³-hybridized carbons (Fsp3) is 0.312. The smallest absolute Gasteiger partial charge is 0.268 e. The van der Waals surface area contributed by atoms with Crippen LogP contribution >= 0.6 is 0 Å². The predicted molar refractivity (Wildman–Crippen MR) is 92.5 cm³/mol. The molecule has 1 aliphatic rings. The van der Waals surface area contributed by atoms with Crippen LogP contribution in [0.5, 0.6) is 5.75 Å². The maximum absolute atomic E-state index is 12.7. The highest BCUT2D eigenvalue weighted by Crippen LogP contribution is 2.34. The van der Waals surface area contributed by atoms with Crippen LogP contribution in [-0.4, -0.2) is 36.1 Å². The summed E-state index contributed by atoms with van der Waals surface area (Å²) in [6, 6.07) is 2.79. The van der Waals surface area contributed by atoms with E-state index in [-0.39, 0.29) is 22.1 Å². The average molecular weight is 378 g/mol. The van der Waals surface area contributed by atoms with Gasteiger partial charge in [0.25, 0.3) is 21.8 Å². The molecule has 0 bridgehead atoms. The van der Waals surface area contributed by atoms with E-state index < -0.39 is 22.0 Å². The lowest BCUT2D eigenvalue weighted by Gasteiger charge is -2.24.